The lowest BCUT2D eigenvalue weighted by molar-refractivity contribution is -0.158. The van der Waals surface area contributed by atoms with Crippen molar-refractivity contribution in [1.82, 2.24) is 10.2 Å². The molecule has 146 valence electrons. The van der Waals surface area contributed by atoms with Gasteiger partial charge in [-0.05, 0) is 80.6 Å². The van der Waals surface area contributed by atoms with Crippen LogP contribution in [0, 0.1) is 23.2 Å². The second-order valence-corrected chi connectivity index (χ2v) is 10.6. The van der Waals surface area contributed by atoms with Gasteiger partial charge >= 0.3 is 0 Å². The summed E-state index contributed by atoms with van der Waals surface area (Å²) in [6.45, 7) is 1.62. The van der Waals surface area contributed by atoms with Crippen molar-refractivity contribution in [3.63, 3.8) is 0 Å². The molecule has 1 aliphatic heterocycles. The Hall–Kier alpha value is -1.36. The number of piperidine rings is 1. The zero-order valence-electron chi connectivity index (χ0n) is 16.0. The summed E-state index contributed by atoms with van der Waals surface area (Å²) >= 11 is 1.63. The average Bonchev–Trinajstić information content (AvgIpc) is 3.13. The number of amides is 2. The fourth-order valence-electron chi connectivity index (χ4n) is 6.79. The van der Waals surface area contributed by atoms with E-state index in [1.165, 1.54) is 19.3 Å². The maximum atomic E-state index is 13.4. The molecule has 1 N–H and O–H groups in total. The minimum atomic E-state index is -0.0238. The van der Waals surface area contributed by atoms with E-state index in [1.807, 2.05) is 17.5 Å². The third kappa shape index (κ3) is 3.43. The Morgan fingerprint density at radius 3 is 2.26 bits per heavy atom. The Morgan fingerprint density at radius 1 is 1.07 bits per heavy atom. The maximum Gasteiger partial charge on any atom is 0.228 e. The minimum absolute atomic E-state index is 0.0238. The van der Waals surface area contributed by atoms with Crippen LogP contribution in [0.15, 0.2) is 17.5 Å². The summed E-state index contributed by atoms with van der Waals surface area (Å²) in [6, 6.07) is 4.22. The second-order valence-electron chi connectivity index (χ2n) is 9.59. The predicted molar refractivity (Wildman–Crippen MR) is 106 cm³/mol. The van der Waals surface area contributed by atoms with Gasteiger partial charge in [-0.1, -0.05) is 6.07 Å². The van der Waals surface area contributed by atoms with Gasteiger partial charge in [0.15, 0.2) is 0 Å². The summed E-state index contributed by atoms with van der Waals surface area (Å²) in [6.07, 6.45) is 9.85. The van der Waals surface area contributed by atoms with Gasteiger partial charge < -0.3 is 10.2 Å². The van der Waals surface area contributed by atoms with Crippen LogP contribution in [0.25, 0.3) is 0 Å². The summed E-state index contributed by atoms with van der Waals surface area (Å²) in [4.78, 5) is 28.9. The van der Waals surface area contributed by atoms with Crippen molar-refractivity contribution in [3.05, 3.63) is 22.4 Å². The molecule has 27 heavy (non-hydrogen) atoms. The van der Waals surface area contributed by atoms with Crippen LogP contribution in [0.3, 0.4) is 0 Å². The molecule has 4 saturated carbocycles. The standard InChI is InChI=1S/C22H30N2O2S/c25-20(11-19-2-1-7-27-19)23-18-3-5-24(6-4-18)21(26)22-12-15-8-16(13-22)10-17(9-15)14-22/h1-2,7,15-18H,3-6,8-14H2,(H,23,25). The van der Waals surface area contributed by atoms with Crippen molar-refractivity contribution in [3.8, 4) is 0 Å². The lowest BCUT2D eigenvalue weighted by Gasteiger charge is -2.57. The van der Waals surface area contributed by atoms with Gasteiger partial charge in [0.25, 0.3) is 0 Å². The summed E-state index contributed by atoms with van der Waals surface area (Å²) in [7, 11) is 0. The first-order valence-electron chi connectivity index (χ1n) is 10.7. The molecule has 5 fully saturated rings. The Morgan fingerprint density at radius 2 is 1.70 bits per heavy atom. The number of rotatable bonds is 4. The van der Waals surface area contributed by atoms with E-state index in [0.717, 1.165) is 67.8 Å². The molecular weight excluding hydrogens is 356 g/mol. The molecule has 0 spiro atoms. The van der Waals surface area contributed by atoms with Gasteiger partial charge in [-0.3, -0.25) is 9.59 Å². The van der Waals surface area contributed by atoms with Crippen LogP contribution in [0.5, 0.6) is 0 Å². The van der Waals surface area contributed by atoms with E-state index in [9.17, 15) is 9.59 Å². The molecule has 4 aliphatic carbocycles. The third-order valence-electron chi connectivity index (χ3n) is 7.55. The highest BCUT2D eigenvalue weighted by Gasteiger charge is 2.55. The van der Waals surface area contributed by atoms with Crippen LogP contribution >= 0.6 is 11.3 Å². The zero-order chi connectivity index (χ0) is 18.4. The molecule has 5 aliphatic rings. The highest BCUT2D eigenvalue weighted by molar-refractivity contribution is 7.10. The topological polar surface area (TPSA) is 49.4 Å². The number of hydrogen-bond acceptors (Lipinski definition) is 3. The normalized spacial score (nSPS) is 35.4. The Balaban J connectivity index is 1.15. The van der Waals surface area contributed by atoms with E-state index in [-0.39, 0.29) is 17.4 Å². The predicted octanol–water partition coefficient (Wildman–Crippen LogP) is 3.61. The molecule has 0 aromatic carbocycles. The fourth-order valence-corrected chi connectivity index (χ4v) is 7.49. The molecule has 4 nitrogen and oxygen atoms in total. The SMILES string of the molecule is O=C(Cc1cccs1)NC1CCN(C(=O)C23CC4CC(CC(C4)C2)C3)CC1. The number of thiophene rings is 1. The van der Waals surface area contributed by atoms with Gasteiger partial charge in [0.05, 0.1) is 11.8 Å². The molecule has 2 heterocycles. The molecule has 5 heteroatoms. The molecular formula is C22H30N2O2S. The number of nitrogens with one attached hydrogen (secondary N) is 1. The molecule has 1 aromatic rings. The number of carbonyl (C=O) groups excluding carboxylic acids is 2. The molecule has 0 unspecified atom stereocenters. The maximum absolute atomic E-state index is 13.4. The Bertz CT molecular complexity index is 671. The van der Waals surface area contributed by atoms with Crippen molar-refractivity contribution in [2.45, 2.75) is 63.8 Å². The van der Waals surface area contributed by atoms with Crippen molar-refractivity contribution in [1.29, 1.82) is 0 Å². The van der Waals surface area contributed by atoms with Gasteiger partial charge in [-0.15, -0.1) is 11.3 Å². The smallest absolute Gasteiger partial charge is 0.228 e. The van der Waals surface area contributed by atoms with E-state index in [0.29, 0.717) is 12.3 Å². The Kier molecular flexibility index (Phi) is 4.53. The lowest BCUT2D eigenvalue weighted by Crippen LogP contribution is -2.56. The van der Waals surface area contributed by atoms with Crippen LogP contribution in [0.1, 0.15) is 56.2 Å². The lowest BCUT2D eigenvalue weighted by atomic mass is 9.49. The van der Waals surface area contributed by atoms with Crippen LogP contribution in [0.4, 0.5) is 0 Å². The van der Waals surface area contributed by atoms with Gasteiger partial charge in [0.2, 0.25) is 11.8 Å². The zero-order valence-corrected chi connectivity index (χ0v) is 16.8. The average molecular weight is 387 g/mol. The van der Waals surface area contributed by atoms with E-state index in [1.54, 1.807) is 11.3 Å². The van der Waals surface area contributed by atoms with Crippen LogP contribution in [0.2, 0.25) is 0 Å². The molecule has 1 saturated heterocycles. The summed E-state index contributed by atoms with van der Waals surface area (Å²) in [5.41, 5.74) is -0.0238. The van der Waals surface area contributed by atoms with Crippen molar-refractivity contribution in [2.75, 3.05) is 13.1 Å². The quantitative estimate of drug-likeness (QED) is 0.859. The number of nitrogens with zero attached hydrogens (tertiary/aromatic N) is 1. The second kappa shape index (κ2) is 6.91. The van der Waals surface area contributed by atoms with E-state index < -0.39 is 0 Å². The number of likely N-dealkylation sites (tertiary alicyclic amines) is 1. The first-order valence-corrected chi connectivity index (χ1v) is 11.6. The first kappa shape index (κ1) is 17.7. The monoisotopic (exact) mass is 386 g/mol. The first-order chi connectivity index (χ1) is 13.1. The minimum Gasteiger partial charge on any atom is -0.353 e. The molecule has 2 amide bonds. The van der Waals surface area contributed by atoms with E-state index in [4.69, 9.17) is 0 Å². The van der Waals surface area contributed by atoms with Gasteiger partial charge in [-0.2, -0.15) is 0 Å². The van der Waals surface area contributed by atoms with E-state index >= 15 is 0 Å². The van der Waals surface area contributed by atoms with Gasteiger partial charge in [0, 0.05) is 24.0 Å². The highest BCUT2D eigenvalue weighted by Crippen LogP contribution is 2.60. The fraction of sp³-hybridized carbons (Fsp3) is 0.727. The number of carbonyl (C=O) groups is 2. The summed E-state index contributed by atoms with van der Waals surface area (Å²) in [5.74, 6) is 3.01. The number of hydrogen-bond donors (Lipinski definition) is 1. The largest absolute Gasteiger partial charge is 0.353 e. The molecule has 0 atom stereocenters. The summed E-state index contributed by atoms with van der Waals surface area (Å²) in [5, 5.41) is 5.19. The van der Waals surface area contributed by atoms with Gasteiger partial charge in [-0.25, -0.2) is 0 Å². The Labute approximate surface area is 165 Å². The van der Waals surface area contributed by atoms with E-state index in [2.05, 4.69) is 10.2 Å². The highest BCUT2D eigenvalue weighted by atomic mass is 32.1. The van der Waals surface area contributed by atoms with Crippen molar-refractivity contribution in [2.24, 2.45) is 23.2 Å². The van der Waals surface area contributed by atoms with Crippen molar-refractivity contribution >= 4 is 23.2 Å². The van der Waals surface area contributed by atoms with Crippen LogP contribution < -0.4 is 5.32 Å². The third-order valence-corrected chi connectivity index (χ3v) is 8.43. The summed E-state index contributed by atoms with van der Waals surface area (Å²) < 4.78 is 0. The van der Waals surface area contributed by atoms with Crippen LogP contribution in [-0.4, -0.2) is 35.8 Å². The van der Waals surface area contributed by atoms with Gasteiger partial charge in [0.1, 0.15) is 0 Å². The molecule has 1 aromatic heterocycles. The molecule has 0 radical (unpaired) electrons. The van der Waals surface area contributed by atoms with Crippen LogP contribution in [-0.2, 0) is 16.0 Å². The van der Waals surface area contributed by atoms with Crippen molar-refractivity contribution < 1.29 is 9.59 Å². The molecule has 6 rings (SSSR count). The molecule has 4 bridgehead atoms.